The first-order valence-corrected chi connectivity index (χ1v) is 18.4. The summed E-state index contributed by atoms with van der Waals surface area (Å²) in [5, 5.41) is 0.478. The number of hydrogen-bond donors (Lipinski definition) is 0. The Bertz CT molecular complexity index is 774. The van der Waals surface area contributed by atoms with Crippen LogP contribution in [0.4, 0.5) is 0 Å². The quantitative estimate of drug-likeness (QED) is 0.381. The van der Waals surface area contributed by atoms with Crippen molar-refractivity contribution in [3.8, 4) is 0 Å². The van der Waals surface area contributed by atoms with E-state index in [0.717, 1.165) is 18.4 Å². The average Bonchev–Trinajstić information content (AvgIpc) is 3.04. The second-order valence-electron chi connectivity index (χ2n) is 14.3. The first kappa shape index (κ1) is 25.3. The van der Waals surface area contributed by atoms with Crippen molar-refractivity contribution in [2.45, 2.75) is 111 Å². The molecular formula is C27H50O2Si2. The third-order valence-electron chi connectivity index (χ3n) is 9.93. The van der Waals surface area contributed by atoms with Crippen LogP contribution in [0.5, 0.6) is 0 Å². The highest BCUT2D eigenvalue weighted by atomic mass is 28.4. The molecule has 0 aromatic rings. The lowest BCUT2D eigenvalue weighted by Gasteiger charge is -2.38. The Kier molecular flexibility index (Phi) is 6.20. The molecule has 4 atom stereocenters. The van der Waals surface area contributed by atoms with Gasteiger partial charge in [0, 0.05) is 18.4 Å². The van der Waals surface area contributed by atoms with Crippen molar-refractivity contribution < 1.29 is 8.85 Å². The Hall–Kier alpha value is -0.326. The van der Waals surface area contributed by atoms with Gasteiger partial charge in [-0.3, -0.25) is 0 Å². The molecule has 0 heterocycles. The predicted octanol–water partition coefficient (Wildman–Crippen LogP) is 8.54. The molecule has 2 fully saturated rings. The van der Waals surface area contributed by atoms with E-state index < -0.39 is 16.6 Å². The molecule has 2 saturated carbocycles. The van der Waals surface area contributed by atoms with Gasteiger partial charge >= 0.3 is 0 Å². The topological polar surface area (TPSA) is 18.5 Å². The van der Waals surface area contributed by atoms with E-state index in [1.807, 2.05) is 0 Å². The fourth-order valence-corrected chi connectivity index (χ4v) is 7.52. The molecule has 0 aliphatic heterocycles. The molecule has 0 aromatic carbocycles. The number of allylic oxidation sites excluding steroid dienone is 2. The van der Waals surface area contributed by atoms with Gasteiger partial charge in [0.05, 0.1) is 0 Å². The molecule has 0 N–H and O–H groups in total. The van der Waals surface area contributed by atoms with Gasteiger partial charge in [0.2, 0.25) is 8.32 Å². The second kappa shape index (κ2) is 7.60. The summed E-state index contributed by atoms with van der Waals surface area (Å²) in [4.78, 5) is 0. The third-order valence-corrected chi connectivity index (χ3v) is 18.8. The van der Waals surface area contributed by atoms with E-state index in [1.165, 1.54) is 24.2 Å². The Labute approximate surface area is 195 Å². The fraction of sp³-hybridized carbons (Fsp3) is 0.852. The molecule has 0 radical (unpaired) electrons. The standard InChI is InChI=1S/C27H50O2Si2/c1-18-22(29-31(12,13)26(5,6)7)16-20-19(17-28-30(10,11)25(2,3)4)14-15-21-24(23(18)20)27(21,8)9/h16,19,21,23-24H,14-15,17H2,1-13H3/t19-,21-,23-,24-/m1/s1. The SMILES string of the molecule is CC1=C(O[Si](C)(C)C(C)(C)C)C=C2[C@@H](CO[Si](C)(C)C(C)(C)C)CC[C@@H]3[C@H]([C@@H]21)C3(C)C. The van der Waals surface area contributed by atoms with Crippen molar-refractivity contribution >= 4 is 16.6 Å². The molecule has 4 heteroatoms. The van der Waals surface area contributed by atoms with Gasteiger partial charge in [0.15, 0.2) is 8.32 Å². The zero-order chi connectivity index (χ0) is 23.8. The van der Waals surface area contributed by atoms with E-state index in [2.05, 4.69) is 94.6 Å². The van der Waals surface area contributed by atoms with Crippen LogP contribution in [0.15, 0.2) is 23.0 Å². The highest BCUT2D eigenvalue weighted by Crippen LogP contribution is 2.69. The Morgan fingerprint density at radius 1 is 0.935 bits per heavy atom. The van der Waals surface area contributed by atoms with Gasteiger partial charge in [-0.2, -0.15) is 0 Å². The van der Waals surface area contributed by atoms with Crippen molar-refractivity contribution in [2.75, 3.05) is 6.61 Å². The van der Waals surface area contributed by atoms with Crippen LogP contribution >= 0.6 is 0 Å². The summed E-state index contributed by atoms with van der Waals surface area (Å²) in [6, 6.07) is 0. The maximum absolute atomic E-state index is 6.90. The smallest absolute Gasteiger partial charge is 0.250 e. The zero-order valence-electron chi connectivity index (χ0n) is 22.8. The lowest BCUT2D eigenvalue weighted by Crippen LogP contribution is -2.42. The van der Waals surface area contributed by atoms with Crippen molar-refractivity contribution in [1.82, 2.24) is 0 Å². The Morgan fingerprint density at radius 2 is 1.48 bits per heavy atom. The van der Waals surface area contributed by atoms with Crippen LogP contribution in [-0.4, -0.2) is 23.2 Å². The molecule has 178 valence electrons. The molecule has 3 rings (SSSR count). The van der Waals surface area contributed by atoms with E-state index in [1.54, 1.807) is 5.57 Å². The summed E-state index contributed by atoms with van der Waals surface area (Å²) in [6.45, 7) is 31.8. The fourth-order valence-electron chi connectivity index (χ4n) is 5.40. The minimum absolute atomic E-state index is 0.218. The van der Waals surface area contributed by atoms with Crippen LogP contribution in [0.25, 0.3) is 0 Å². The third kappa shape index (κ3) is 4.42. The maximum Gasteiger partial charge on any atom is 0.250 e. The van der Waals surface area contributed by atoms with Gasteiger partial charge in [-0.05, 0) is 84.9 Å². The van der Waals surface area contributed by atoms with Gasteiger partial charge in [-0.1, -0.05) is 61.0 Å². The number of hydrogen-bond acceptors (Lipinski definition) is 2. The summed E-state index contributed by atoms with van der Waals surface area (Å²) < 4.78 is 13.7. The lowest BCUT2D eigenvalue weighted by atomic mass is 9.81. The number of fused-ring (bicyclic) bond motifs is 3. The summed E-state index contributed by atoms with van der Waals surface area (Å²) in [7, 11) is -3.60. The van der Waals surface area contributed by atoms with Gasteiger partial charge in [-0.25, -0.2) is 0 Å². The summed E-state index contributed by atoms with van der Waals surface area (Å²) in [6.07, 6.45) is 5.09. The van der Waals surface area contributed by atoms with Crippen LogP contribution in [0, 0.1) is 29.1 Å². The summed E-state index contributed by atoms with van der Waals surface area (Å²) in [5.41, 5.74) is 3.59. The molecule has 0 amide bonds. The van der Waals surface area contributed by atoms with Crippen molar-refractivity contribution in [1.29, 1.82) is 0 Å². The second-order valence-corrected chi connectivity index (χ2v) is 23.9. The Balaban J connectivity index is 1.90. The molecule has 0 saturated heterocycles. The minimum atomic E-state index is -1.85. The summed E-state index contributed by atoms with van der Waals surface area (Å²) in [5.74, 6) is 3.93. The molecule has 0 aromatic heterocycles. The molecular weight excluding hydrogens is 412 g/mol. The average molecular weight is 463 g/mol. The predicted molar refractivity (Wildman–Crippen MR) is 139 cm³/mol. The van der Waals surface area contributed by atoms with E-state index in [9.17, 15) is 0 Å². The molecule has 0 spiro atoms. The van der Waals surface area contributed by atoms with Crippen LogP contribution < -0.4 is 0 Å². The highest BCUT2D eigenvalue weighted by Gasteiger charge is 2.63. The molecule has 31 heavy (non-hydrogen) atoms. The Morgan fingerprint density at radius 3 is 2.00 bits per heavy atom. The van der Waals surface area contributed by atoms with E-state index in [4.69, 9.17) is 8.85 Å². The first-order valence-electron chi connectivity index (χ1n) is 12.6. The van der Waals surface area contributed by atoms with E-state index >= 15 is 0 Å². The molecule has 3 aliphatic rings. The monoisotopic (exact) mass is 462 g/mol. The summed E-state index contributed by atoms with van der Waals surface area (Å²) >= 11 is 0. The van der Waals surface area contributed by atoms with Crippen LogP contribution in [0.1, 0.15) is 75.2 Å². The normalized spacial score (nSPS) is 31.1. The van der Waals surface area contributed by atoms with E-state index in [-0.39, 0.29) is 10.1 Å². The van der Waals surface area contributed by atoms with Crippen LogP contribution in [0.2, 0.25) is 36.3 Å². The van der Waals surface area contributed by atoms with Crippen molar-refractivity contribution in [3.05, 3.63) is 23.0 Å². The maximum atomic E-state index is 6.90. The number of rotatable bonds is 5. The minimum Gasteiger partial charge on any atom is -0.544 e. The van der Waals surface area contributed by atoms with Gasteiger partial charge < -0.3 is 8.85 Å². The molecule has 3 aliphatic carbocycles. The van der Waals surface area contributed by atoms with Crippen molar-refractivity contribution in [2.24, 2.45) is 29.1 Å². The largest absolute Gasteiger partial charge is 0.544 e. The van der Waals surface area contributed by atoms with Crippen LogP contribution in [0.3, 0.4) is 0 Å². The molecule has 2 nitrogen and oxygen atoms in total. The molecule has 0 unspecified atom stereocenters. The van der Waals surface area contributed by atoms with Gasteiger partial charge in [0.25, 0.3) is 0 Å². The highest BCUT2D eigenvalue weighted by molar-refractivity contribution is 6.74. The lowest BCUT2D eigenvalue weighted by molar-refractivity contribution is 0.230. The van der Waals surface area contributed by atoms with Gasteiger partial charge in [-0.15, -0.1) is 0 Å². The van der Waals surface area contributed by atoms with Crippen molar-refractivity contribution in [3.63, 3.8) is 0 Å². The molecule has 0 bridgehead atoms. The van der Waals surface area contributed by atoms with Gasteiger partial charge in [0.1, 0.15) is 5.76 Å². The van der Waals surface area contributed by atoms with Crippen LogP contribution in [-0.2, 0) is 8.85 Å². The van der Waals surface area contributed by atoms with E-state index in [0.29, 0.717) is 17.3 Å². The first-order chi connectivity index (χ1) is 13.8. The zero-order valence-corrected chi connectivity index (χ0v) is 24.8.